The van der Waals surface area contributed by atoms with Crippen molar-refractivity contribution in [3.05, 3.63) is 48.0 Å². The standard InChI is InChI=1S/C24H33N3O3/c25-23(28)24(8-10-26-12-16-29-17-13-26,9-11-27-14-18-30-19-15-27)22-7-3-5-20-4-1-2-6-21(20)22/h1-7H,8-19H2,(H2,25,28). The first-order chi connectivity index (χ1) is 14.7. The number of fused-ring (bicyclic) bond motifs is 1. The Morgan fingerprint density at radius 1 is 0.833 bits per heavy atom. The topological polar surface area (TPSA) is 68.0 Å². The molecule has 2 aliphatic heterocycles. The van der Waals surface area contributed by atoms with Crippen molar-refractivity contribution in [2.24, 2.45) is 5.73 Å². The molecular weight excluding hydrogens is 378 g/mol. The molecule has 0 spiro atoms. The van der Waals surface area contributed by atoms with Gasteiger partial charge in [-0.25, -0.2) is 0 Å². The molecule has 2 aromatic rings. The summed E-state index contributed by atoms with van der Waals surface area (Å²) in [7, 11) is 0. The summed E-state index contributed by atoms with van der Waals surface area (Å²) in [6.45, 7) is 8.36. The first-order valence-electron chi connectivity index (χ1n) is 11.1. The van der Waals surface area contributed by atoms with Crippen molar-refractivity contribution < 1.29 is 14.3 Å². The van der Waals surface area contributed by atoms with Gasteiger partial charge in [0.1, 0.15) is 0 Å². The molecule has 0 atom stereocenters. The maximum atomic E-state index is 13.1. The number of nitrogens with zero attached hydrogens (tertiary/aromatic N) is 2. The molecule has 0 aliphatic carbocycles. The molecular formula is C24H33N3O3. The number of rotatable bonds is 8. The van der Waals surface area contributed by atoms with Crippen LogP contribution in [0.25, 0.3) is 10.8 Å². The number of benzene rings is 2. The number of ether oxygens (including phenoxy) is 2. The van der Waals surface area contributed by atoms with E-state index in [4.69, 9.17) is 15.2 Å². The van der Waals surface area contributed by atoms with Gasteiger partial charge in [0, 0.05) is 26.2 Å². The summed E-state index contributed by atoms with van der Waals surface area (Å²) in [6.07, 6.45) is 1.45. The van der Waals surface area contributed by atoms with E-state index in [1.54, 1.807) is 0 Å². The number of carbonyl (C=O) groups is 1. The highest BCUT2D eigenvalue weighted by Crippen LogP contribution is 2.37. The number of nitrogens with two attached hydrogens (primary N) is 1. The molecule has 0 saturated carbocycles. The smallest absolute Gasteiger partial charge is 0.228 e. The van der Waals surface area contributed by atoms with Crippen molar-refractivity contribution in [2.75, 3.05) is 65.7 Å². The van der Waals surface area contributed by atoms with Crippen LogP contribution in [0, 0.1) is 0 Å². The van der Waals surface area contributed by atoms with E-state index in [0.717, 1.165) is 94.9 Å². The number of amides is 1. The van der Waals surface area contributed by atoms with Crippen molar-refractivity contribution in [3.63, 3.8) is 0 Å². The zero-order valence-corrected chi connectivity index (χ0v) is 17.7. The number of hydrogen-bond acceptors (Lipinski definition) is 5. The van der Waals surface area contributed by atoms with Gasteiger partial charge in [-0.3, -0.25) is 14.6 Å². The maximum Gasteiger partial charge on any atom is 0.228 e. The lowest BCUT2D eigenvalue weighted by Crippen LogP contribution is -2.48. The van der Waals surface area contributed by atoms with Crippen LogP contribution >= 0.6 is 0 Å². The summed E-state index contributed by atoms with van der Waals surface area (Å²) >= 11 is 0. The summed E-state index contributed by atoms with van der Waals surface area (Å²) in [4.78, 5) is 17.9. The molecule has 2 aliphatic rings. The molecule has 2 fully saturated rings. The highest BCUT2D eigenvalue weighted by atomic mass is 16.5. The first kappa shape index (κ1) is 21.2. The lowest BCUT2D eigenvalue weighted by atomic mass is 9.72. The summed E-state index contributed by atoms with van der Waals surface area (Å²) in [5.41, 5.74) is 6.57. The molecule has 0 radical (unpaired) electrons. The minimum atomic E-state index is -0.697. The van der Waals surface area contributed by atoms with Crippen LogP contribution < -0.4 is 5.73 Å². The molecule has 4 rings (SSSR count). The predicted molar refractivity (Wildman–Crippen MR) is 119 cm³/mol. The Labute approximate surface area is 178 Å². The molecule has 0 aromatic heterocycles. The maximum absolute atomic E-state index is 13.1. The molecule has 0 bridgehead atoms. The molecule has 2 N–H and O–H groups in total. The Morgan fingerprint density at radius 2 is 1.37 bits per heavy atom. The van der Waals surface area contributed by atoms with Crippen LogP contribution in [-0.4, -0.2) is 81.4 Å². The minimum Gasteiger partial charge on any atom is -0.379 e. The average molecular weight is 412 g/mol. The Balaban J connectivity index is 1.66. The van der Waals surface area contributed by atoms with Crippen LogP contribution in [0.2, 0.25) is 0 Å². The number of hydrogen-bond donors (Lipinski definition) is 1. The Hall–Kier alpha value is -1.99. The second kappa shape index (κ2) is 9.88. The molecule has 1 amide bonds. The SMILES string of the molecule is NC(=O)C(CCN1CCOCC1)(CCN1CCOCC1)c1cccc2ccccc12. The quantitative estimate of drug-likeness (QED) is 0.720. The zero-order valence-electron chi connectivity index (χ0n) is 17.7. The molecule has 6 nitrogen and oxygen atoms in total. The zero-order chi connectivity index (χ0) is 20.8. The van der Waals surface area contributed by atoms with Crippen LogP contribution in [0.3, 0.4) is 0 Å². The van der Waals surface area contributed by atoms with Gasteiger partial charge >= 0.3 is 0 Å². The van der Waals surface area contributed by atoms with E-state index in [1.807, 2.05) is 12.1 Å². The highest BCUT2D eigenvalue weighted by Gasteiger charge is 2.40. The Kier molecular flexibility index (Phi) is 7.00. The molecule has 30 heavy (non-hydrogen) atoms. The predicted octanol–water partition coefficient (Wildman–Crippen LogP) is 2.01. The molecule has 6 heteroatoms. The van der Waals surface area contributed by atoms with Crippen molar-refractivity contribution >= 4 is 16.7 Å². The van der Waals surface area contributed by atoms with Crippen LogP contribution in [-0.2, 0) is 19.7 Å². The molecule has 2 heterocycles. The monoisotopic (exact) mass is 411 g/mol. The summed E-state index contributed by atoms with van der Waals surface area (Å²) < 4.78 is 11.0. The van der Waals surface area contributed by atoms with E-state index in [1.165, 1.54) is 0 Å². The van der Waals surface area contributed by atoms with Gasteiger partial charge in [0.25, 0.3) is 0 Å². The highest BCUT2D eigenvalue weighted by molar-refractivity contribution is 5.95. The molecule has 162 valence electrons. The molecule has 2 saturated heterocycles. The van der Waals surface area contributed by atoms with E-state index < -0.39 is 5.41 Å². The summed E-state index contributed by atoms with van der Waals surface area (Å²) in [6, 6.07) is 14.6. The first-order valence-corrected chi connectivity index (χ1v) is 11.1. The van der Waals surface area contributed by atoms with Gasteiger partial charge in [0.15, 0.2) is 0 Å². The van der Waals surface area contributed by atoms with E-state index in [0.29, 0.717) is 0 Å². The number of morpholine rings is 2. The molecule has 0 unspecified atom stereocenters. The van der Waals surface area contributed by atoms with Gasteiger partial charge in [-0.1, -0.05) is 42.5 Å². The van der Waals surface area contributed by atoms with E-state index in [9.17, 15) is 4.79 Å². The fraction of sp³-hybridized carbons (Fsp3) is 0.542. The normalized spacial score (nSPS) is 19.2. The van der Waals surface area contributed by atoms with E-state index >= 15 is 0 Å². The number of carbonyl (C=O) groups excluding carboxylic acids is 1. The van der Waals surface area contributed by atoms with Gasteiger partial charge in [0.05, 0.1) is 31.8 Å². The average Bonchev–Trinajstić information content (AvgIpc) is 2.80. The fourth-order valence-corrected chi connectivity index (χ4v) is 4.76. The third-order valence-electron chi connectivity index (χ3n) is 6.69. The van der Waals surface area contributed by atoms with Crippen molar-refractivity contribution in [1.82, 2.24) is 9.80 Å². The van der Waals surface area contributed by atoms with Crippen LogP contribution in [0.4, 0.5) is 0 Å². The number of primary amides is 1. The fourth-order valence-electron chi connectivity index (χ4n) is 4.76. The van der Waals surface area contributed by atoms with Crippen LogP contribution in [0.15, 0.2) is 42.5 Å². The van der Waals surface area contributed by atoms with Crippen LogP contribution in [0.1, 0.15) is 18.4 Å². The third-order valence-corrected chi connectivity index (χ3v) is 6.69. The van der Waals surface area contributed by atoms with Gasteiger partial charge in [0.2, 0.25) is 5.91 Å². The second-order valence-electron chi connectivity index (χ2n) is 8.38. The van der Waals surface area contributed by atoms with Crippen molar-refractivity contribution in [3.8, 4) is 0 Å². The Bertz CT molecular complexity index is 817. The minimum absolute atomic E-state index is 0.222. The second-order valence-corrected chi connectivity index (χ2v) is 8.38. The van der Waals surface area contributed by atoms with Gasteiger partial charge in [-0.2, -0.15) is 0 Å². The lowest BCUT2D eigenvalue weighted by molar-refractivity contribution is -0.124. The summed E-state index contributed by atoms with van der Waals surface area (Å²) in [5, 5.41) is 2.28. The molecule has 2 aromatic carbocycles. The van der Waals surface area contributed by atoms with Gasteiger partial charge in [-0.15, -0.1) is 0 Å². The van der Waals surface area contributed by atoms with Gasteiger partial charge < -0.3 is 15.2 Å². The van der Waals surface area contributed by atoms with E-state index in [-0.39, 0.29) is 5.91 Å². The van der Waals surface area contributed by atoms with Crippen molar-refractivity contribution in [1.29, 1.82) is 0 Å². The van der Waals surface area contributed by atoms with E-state index in [2.05, 4.69) is 40.1 Å². The Morgan fingerprint density at radius 3 is 1.93 bits per heavy atom. The lowest BCUT2D eigenvalue weighted by Gasteiger charge is -2.37. The summed E-state index contributed by atoms with van der Waals surface area (Å²) in [5.74, 6) is -0.222. The largest absolute Gasteiger partial charge is 0.379 e. The van der Waals surface area contributed by atoms with Crippen molar-refractivity contribution in [2.45, 2.75) is 18.3 Å². The van der Waals surface area contributed by atoms with Crippen LogP contribution in [0.5, 0.6) is 0 Å². The third kappa shape index (κ3) is 4.67. The van der Waals surface area contributed by atoms with Gasteiger partial charge in [-0.05, 0) is 42.3 Å².